The number of piperidine rings is 1. The van der Waals surface area contributed by atoms with E-state index in [-0.39, 0.29) is 33.7 Å². The summed E-state index contributed by atoms with van der Waals surface area (Å²) in [5.41, 5.74) is -0.450. The van der Waals surface area contributed by atoms with Gasteiger partial charge in [-0.1, -0.05) is 0 Å². The molecule has 1 N–H and O–H groups in total. The number of alkyl halides is 3. The Morgan fingerprint density at radius 1 is 1.33 bits per heavy atom. The molecule has 3 aliphatic heterocycles. The Balaban J connectivity index is 1.65. The molecule has 1 aromatic heterocycles. The smallest absolute Gasteiger partial charge is 0.416 e. The SMILES string of the molecule is O=C(O)N1C2CC1CN(c1nc3cc(C(F)(F)F)cc(Br)c3o1)C2. The molecule has 5 rings (SSSR count). The molecule has 1 amide bonds. The van der Waals surface area contributed by atoms with Gasteiger partial charge in [0.05, 0.1) is 22.1 Å². The normalized spacial score (nSPS) is 23.5. The van der Waals surface area contributed by atoms with Crippen LogP contribution in [-0.4, -0.2) is 46.3 Å². The first-order valence-electron chi connectivity index (χ1n) is 7.17. The highest BCUT2D eigenvalue weighted by atomic mass is 79.9. The predicted molar refractivity (Wildman–Crippen MR) is 81.0 cm³/mol. The van der Waals surface area contributed by atoms with Crippen LogP contribution in [0.2, 0.25) is 0 Å². The molecule has 6 nitrogen and oxygen atoms in total. The fourth-order valence-corrected chi connectivity index (χ4v) is 3.89. The van der Waals surface area contributed by atoms with Crippen molar-refractivity contribution in [3.8, 4) is 0 Å². The number of hydrogen-bond acceptors (Lipinski definition) is 4. The summed E-state index contributed by atoms with van der Waals surface area (Å²) in [5.74, 6) is 0. The highest BCUT2D eigenvalue weighted by Crippen LogP contribution is 2.39. The van der Waals surface area contributed by atoms with Crippen molar-refractivity contribution in [1.29, 1.82) is 0 Å². The fraction of sp³-hybridized carbons (Fsp3) is 0.429. The van der Waals surface area contributed by atoms with E-state index >= 15 is 0 Å². The van der Waals surface area contributed by atoms with Crippen LogP contribution >= 0.6 is 15.9 Å². The lowest BCUT2D eigenvalue weighted by Crippen LogP contribution is -2.70. The van der Waals surface area contributed by atoms with E-state index in [1.165, 1.54) is 4.90 Å². The highest BCUT2D eigenvalue weighted by molar-refractivity contribution is 9.10. The Bertz CT molecular complexity index is 826. The third-order valence-electron chi connectivity index (χ3n) is 4.45. The van der Waals surface area contributed by atoms with Crippen molar-refractivity contribution in [2.24, 2.45) is 0 Å². The minimum Gasteiger partial charge on any atom is -0.465 e. The van der Waals surface area contributed by atoms with Gasteiger partial charge in [-0.25, -0.2) is 4.79 Å². The maximum absolute atomic E-state index is 12.9. The van der Waals surface area contributed by atoms with Crippen molar-refractivity contribution >= 4 is 39.1 Å². The van der Waals surface area contributed by atoms with Crippen LogP contribution in [0.15, 0.2) is 21.0 Å². The zero-order valence-electron chi connectivity index (χ0n) is 12.0. The summed E-state index contributed by atoms with van der Waals surface area (Å²) in [6, 6.07) is 1.85. The van der Waals surface area contributed by atoms with E-state index in [0.29, 0.717) is 13.1 Å². The van der Waals surface area contributed by atoms with Crippen molar-refractivity contribution in [2.75, 3.05) is 18.0 Å². The number of nitrogens with zero attached hydrogens (tertiary/aromatic N) is 3. The number of carboxylic acid groups (broad SMARTS) is 1. The average Bonchev–Trinajstić information content (AvgIpc) is 2.90. The lowest BCUT2D eigenvalue weighted by atomic mass is 9.88. The summed E-state index contributed by atoms with van der Waals surface area (Å²) in [7, 11) is 0. The first kappa shape index (κ1) is 15.6. The molecule has 10 heteroatoms. The number of halogens is 4. The second kappa shape index (κ2) is 5.01. The maximum atomic E-state index is 12.9. The van der Waals surface area contributed by atoms with Gasteiger partial charge in [-0.3, -0.25) is 4.90 Å². The Labute approximate surface area is 142 Å². The molecule has 2 atom stereocenters. The quantitative estimate of drug-likeness (QED) is 0.785. The molecule has 4 heterocycles. The number of rotatable bonds is 1. The molecular formula is C14H11BrF3N3O3. The van der Waals surface area contributed by atoms with Gasteiger partial charge in [-0.2, -0.15) is 18.2 Å². The van der Waals surface area contributed by atoms with Crippen molar-refractivity contribution < 1.29 is 27.5 Å². The summed E-state index contributed by atoms with van der Waals surface area (Å²) in [5, 5.41) is 9.11. The fourth-order valence-electron chi connectivity index (χ4n) is 3.36. The summed E-state index contributed by atoms with van der Waals surface area (Å²) in [6.45, 7) is 0.832. The molecule has 3 saturated heterocycles. The first-order chi connectivity index (χ1) is 11.2. The molecule has 3 aliphatic rings. The van der Waals surface area contributed by atoms with E-state index in [1.54, 1.807) is 4.90 Å². The zero-order valence-corrected chi connectivity index (χ0v) is 13.6. The van der Waals surface area contributed by atoms with Gasteiger partial charge in [0.2, 0.25) is 0 Å². The number of aromatic nitrogens is 1. The van der Waals surface area contributed by atoms with Crippen LogP contribution in [0.3, 0.4) is 0 Å². The van der Waals surface area contributed by atoms with E-state index < -0.39 is 17.8 Å². The molecule has 2 bridgehead atoms. The Hall–Kier alpha value is -1.97. The Morgan fingerprint density at radius 3 is 2.58 bits per heavy atom. The number of amides is 1. The van der Waals surface area contributed by atoms with Crippen molar-refractivity contribution in [3.63, 3.8) is 0 Å². The first-order valence-corrected chi connectivity index (χ1v) is 7.97. The number of anilines is 1. The molecule has 0 saturated carbocycles. The van der Waals surface area contributed by atoms with E-state index in [2.05, 4.69) is 20.9 Å². The standard InChI is InChI=1S/C14H11BrF3N3O3/c15-9-1-6(14(16,17)18)2-10-11(9)24-12(19-10)20-4-7-3-8(5-20)21(7)13(22)23/h1-2,7-8H,3-5H2,(H,22,23). The van der Waals surface area contributed by atoms with Crippen LogP contribution in [0, 0.1) is 0 Å². The number of benzene rings is 1. The Kier molecular flexibility index (Phi) is 3.25. The predicted octanol–water partition coefficient (Wildman–Crippen LogP) is 3.55. The van der Waals surface area contributed by atoms with Gasteiger partial charge in [0.15, 0.2) is 5.58 Å². The van der Waals surface area contributed by atoms with Gasteiger partial charge in [0.1, 0.15) is 5.52 Å². The van der Waals surface area contributed by atoms with Crippen LogP contribution in [0.1, 0.15) is 12.0 Å². The number of carbonyl (C=O) groups is 1. The van der Waals surface area contributed by atoms with Crippen LogP contribution in [-0.2, 0) is 6.18 Å². The summed E-state index contributed by atoms with van der Waals surface area (Å²) < 4.78 is 44.4. The molecule has 1 aromatic carbocycles. The molecule has 24 heavy (non-hydrogen) atoms. The molecule has 128 valence electrons. The molecule has 0 spiro atoms. The van der Waals surface area contributed by atoms with Crippen molar-refractivity contribution in [2.45, 2.75) is 24.7 Å². The molecule has 0 aliphatic carbocycles. The van der Waals surface area contributed by atoms with Crippen LogP contribution in [0.25, 0.3) is 11.1 Å². The summed E-state index contributed by atoms with van der Waals surface area (Å²) >= 11 is 3.09. The largest absolute Gasteiger partial charge is 0.465 e. The number of piperazine rings is 1. The van der Waals surface area contributed by atoms with Crippen molar-refractivity contribution in [3.05, 3.63) is 22.2 Å². The third-order valence-corrected chi connectivity index (χ3v) is 5.03. The Morgan fingerprint density at radius 2 is 2.00 bits per heavy atom. The monoisotopic (exact) mass is 405 g/mol. The van der Waals surface area contributed by atoms with Gasteiger partial charge in [-0.15, -0.1) is 0 Å². The second-order valence-corrected chi connectivity index (χ2v) is 6.79. The van der Waals surface area contributed by atoms with E-state index in [9.17, 15) is 18.0 Å². The highest BCUT2D eigenvalue weighted by Gasteiger charge is 2.48. The molecule has 2 unspecified atom stereocenters. The topological polar surface area (TPSA) is 69.8 Å². The van der Waals surface area contributed by atoms with Crippen LogP contribution in [0.4, 0.5) is 24.0 Å². The lowest BCUT2D eigenvalue weighted by Gasteiger charge is -2.54. The van der Waals surface area contributed by atoms with E-state index in [1.807, 2.05) is 0 Å². The number of fused-ring (bicyclic) bond motifs is 3. The van der Waals surface area contributed by atoms with Gasteiger partial charge >= 0.3 is 12.3 Å². The van der Waals surface area contributed by atoms with E-state index in [4.69, 9.17) is 9.52 Å². The summed E-state index contributed by atoms with van der Waals surface area (Å²) in [6.07, 6.45) is -4.64. The molecule has 2 aromatic rings. The maximum Gasteiger partial charge on any atom is 0.416 e. The lowest BCUT2D eigenvalue weighted by molar-refractivity contribution is -0.137. The van der Waals surface area contributed by atoms with Gasteiger partial charge < -0.3 is 14.4 Å². The van der Waals surface area contributed by atoms with Crippen LogP contribution in [0.5, 0.6) is 0 Å². The van der Waals surface area contributed by atoms with Gasteiger partial charge in [-0.05, 0) is 34.5 Å². The summed E-state index contributed by atoms with van der Waals surface area (Å²) in [4.78, 5) is 18.4. The van der Waals surface area contributed by atoms with Gasteiger partial charge in [0, 0.05) is 13.1 Å². The zero-order chi connectivity index (χ0) is 17.2. The minimum absolute atomic E-state index is 0.112. The molecular weight excluding hydrogens is 395 g/mol. The third kappa shape index (κ3) is 2.31. The molecule has 3 fully saturated rings. The van der Waals surface area contributed by atoms with E-state index in [0.717, 1.165) is 18.6 Å². The minimum atomic E-state index is -4.47. The average molecular weight is 406 g/mol. The second-order valence-electron chi connectivity index (χ2n) is 5.94. The number of hydrogen-bond donors (Lipinski definition) is 1. The van der Waals surface area contributed by atoms with Crippen LogP contribution < -0.4 is 4.90 Å². The number of oxazole rings is 1. The molecule has 0 radical (unpaired) electrons. The van der Waals surface area contributed by atoms with Crippen molar-refractivity contribution in [1.82, 2.24) is 9.88 Å². The van der Waals surface area contributed by atoms with Gasteiger partial charge in [0.25, 0.3) is 6.01 Å².